The Morgan fingerprint density at radius 1 is 1.44 bits per heavy atom. The average Bonchev–Trinajstić information content (AvgIpc) is 3.15. The van der Waals surface area contributed by atoms with Crippen molar-refractivity contribution in [2.24, 2.45) is 0 Å². The highest BCUT2D eigenvalue weighted by atomic mass is 35.5. The fraction of sp³-hybridized carbons (Fsp3) is 0.417. The molecule has 1 N–H and O–H groups in total. The maximum absolute atomic E-state index is 13.2. The van der Waals surface area contributed by atoms with E-state index in [0.717, 1.165) is 12.8 Å². The van der Waals surface area contributed by atoms with E-state index in [9.17, 15) is 9.18 Å². The molecule has 98 valence electrons. The van der Waals surface area contributed by atoms with E-state index in [1.54, 1.807) is 11.9 Å². The Bertz CT molecular complexity index is 454. The van der Waals surface area contributed by atoms with E-state index < -0.39 is 5.82 Å². The van der Waals surface area contributed by atoms with Gasteiger partial charge in [0.2, 0.25) is 5.91 Å². The number of benzene rings is 1. The number of anilines is 1. The topological polar surface area (TPSA) is 32.3 Å². The smallest absolute Gasteiger partial charge is 0.241 e. The molecule has 18 heavy (non-hydrogen) atoms. The van der Waals surface area contributed by atoms with Gasteiger partial charge in [-0.25, -0.2) is 4.39 Å². The third-order valence-electron chi connectivity index (χ3n) is 2.92. The summed E-state index contributed by atoms with van der Waals surface area (Å²) in [5, 5.41) is 2.77. The standard InChI is InChI=1S/C12H13Cl2FN2O/c1-17(8-2-3-8)11(18)6-16-7-4-9(13)12(15)10(14)5-7/h4-5,8,16H,2-3,6H2,1H3. The van der Waals surface area contributed by atoms with Crippen molar-refractivity contribution in [2.45, 2.75) is 18.9 Å². The van der Waals surface area contributed by atoms with Crippen LogP contribution in [-0.2, 0) is 4.79 Å². The van der Waals surface area contributed by atoms with Crippen LogP contribution in [0.3, 0.4) is 0 Å². The maximum atomic E-state index is 13.2. The van der Waals surface area contributed by atoms with E-state index in [1.807, 2.05) is 0 Å². The highest BCUT2D eigenvalue weighted by Crippen LogP contribution is 2.28. The number of nitrogens with zero attached hydrogens (tertiary/aromatic N) is 1. The fourth-order valence-electron chi connectivity index (χ4n) is 1.63. The quantitative estimate of drug-likeness (QED) is 0.864. The molecular formula is C12H13Cl2FN2O. The van der Waals surface area contributed by atoms with Crippen LogP contribution in [0.2, 0.25) is 10.0 Å². The number of hydrogen-bond donors (Lipinski definition) is 1. The predicted molar refractivity (Wildman–Crippen MR) is 70.7 cm³/mol. The van der Waals surface area contributed by atoms with E-state index in [2.05, 4.69) is 5.32 Å². The summed E-state index contributed by atoms with van der Waals surface area (Å²) in [6.45, 7) is 0.144. The molecule has 0 aromatic heterocycles. The molecule has 1 amide bonds. The molecule has 1 aliphatic rings. The van der Waals surface area contributed by atoms with Crippen LogP contribution in [0, 0.1) is 5.82 Å². The van der Waals surface area contributed by atoms with Gasteiger partial charge in [0.15, 0.2) is 5.82 Å². The van der Waals surface area contributed by atoms with Gasteiger partial charge in [-0.05, 0) is 25.0 Å². The predicted octanol–water partition coefficient (Wildman–Crippen LogP) is 3.17. The second-order valence-corrected chi connectivity index (χ2v) is 5.16. The Morgan fingerprint density at radius 3 is 2.50 bits per heavy atom. The van der Waals surface area contributed by atoms with Crippen molar-refractivity contribution in [3.8, 4) is 0 Å². The fourth-order valence-corrected chi connectivity index (χ4v) is 2.11. The van der Waals surface area contributed by atoms with Gasteiger partial charge >= 0.3 is 0 Å². The molecule has 0 atom stereocenters. The Labute approximate surface area is 115 Å². The molecule has 1 saturated carbocycles. The molecule has 0 spiro atoms. The molecule has 0 aliphatic heterocycles. The van der Waals surface area contributed by atoms with E-state index in [4.69, 9.17) is 23.2 Å². The lowest BCUT2D eigenvalue weighted by atomic mass is 10.3. The first kappa shape index (κ1) is 13.4. The summed E-state index contributed by atoms with van der Waals surface area (Å²) >= 11 is 11.3. The zero-order valence-electron chi connectivity index (χ0n) is 9.84. The molecule has 0 heterocycles. The van der Waals surface area contributed by atoms with Gasteiger partial charge in [0.25, 0.3) is 0 Å². The Balaban J connectivity index is 1.95. The average molecular weight is 291 g/mol. The Kier molecular flexibility index (Phi) is 3.97. The van der Waals surface area contributed by atoms with Crippen LogP contribution in [0.5, 0.6) is 0 Å². The van der Waals surface area contributed by atoms with Crippen LogP contribution < -0.4 is 5.32 Å². The highest BCUT2D eigenvalue weighted by molar-refractivity contribution is 6.35. The molecule has 1 aliphatic carbocycles. The SMILES string of the molecule is CN(C(=O)CNc1cc(Cl)c(F)c(Cl)c1)C1CC1. The molecule has 0 radical (unpaired) electrons. The number of amides is 1. The normalized spacial score (nSPS) is 14.4. The molecular weight excluding hydrogens is 278 g/mol. The summed E-state index contributed by atoms with van der Waals surface area (Å²) in [6.07, 6.45) is 2.13. The number of halogens is 3. The van der Waals surface area contributed by atoms with Gasteiger partial charge in [-0.2, -0.15) is 0 Å². The second-order valence-electron chi connectivity index (χ2n) is 4.34. The van der Waals surface area contributed by atoms with E-state index in [-0.39, 0.29) is 22.5 Å². The molecule has 2 rings (SSSR count). The van der Waals surface area contributed by atoms with Crippen LogP contribution >= 0.6 is 23.2 Å². The molecule has 3 nitrogen and oxygen atoms in total. The number of rotatable bonds is 4. The van der Waals surface area contributed by atoms with Crippen molar-refractivity contribution >= 4 is 34.8 Å². The van der Waals surface area contributed by atoms with Crippen LogP contribution in [0.15, 0.2) is 12.1 Å². The van der Waals surface area contributed by atoms with Crippen molar-refractivity contribution in [3.05, 3.63) is 28.0 Å². The molecule has 1 fully saturated rings. The van der Waals surface area contributed by atoms with Crippen LogP contribution in [0.25, 0.3) is 0 Å². The summed E-state index contributed by atoms with van der Waals surface area (Å²) in [6, 6.07) is 3.19. The largest absolute Gasteiger partial charge is 0.376 e. The molecule has 1 aromatic carbocycles. The molecule has 6 heteroatoms. The van der Waals surface area contributed by atoms with Gasteiger partial charge < -0.3 is 10.2 Å². The van der Waals surface area contributed by atoms with E-state index in [1.165, 1.54) is 12.1 Å². The van der Waals surface area contributed by atoms with Crippen LogP contribution in [0.4, 0.5) is 10.1 Å². The molecule has 1 aromatic rings. The summed E-state index contributed by atoms with van der Waals surface area (Å²) < 4.78 is 13.2. The zero-order chi connectivity index (χ0) is 13.3. The van der Waals surface area contributed by atoms with Crippen LogP contribution in [-0.4, -0.2) is 30.4 Å². The highest BCUT2D eigenvalue weighted by Gasteiger charge is 2.29. The lowest BCUT2D eigenvalue weighted by Gasteiger charge is -2.17. The van der Waals surface area contributed by atoms with Gasteiger partial charge in [0, 0.05) is 18.8 Å². The number of nitrogens with one attached hydrogen (secondary N) is 1. The first-order valence-corrected chi connectivity index (χ1v) is 6.38. The lowest BCUT2D eigenvalue weighted by Crippen LogP contribution is -2.33. The lowest BCUT2D eigenvalue weighted by molar-refractivity contribution is -0.128. The minimum absolute atomic E-state index is 0.00549. The van der Waals surface area contributed by atoms with Gasteiger partial charge in [-0.1, -0.05) is 23.2 Å². The van der Waals surface area contributed by atoms with Gasteiger partial charge in [-0.3, -0.25) is 4.79 Å². The van der Waals surface area contributed by atoms with Crippen LogP contribution in [0.1, 0.15) is 12.8 Å². The number of carbonyl (C=O) groups excluding carboxylic acids is 1. The first-order chi connectivity index (χ1) is 8.49. The molecule has 0 unspecified atom stereocenters. The second kappa shape index (κ2) is 5.33. The van der Waals surface area contributed by atoms with Crippen molar-refractivity contribution in [2.75, 3.05) is 18.9 Å². The summed E-state index contributed by atoms with van der Waals surface area (Å²) in [5.41, 5.74) is 0.531. The van der Waals surface area contributed by atoms with Crippen molar-refractivity contribution < 1.29 is 9.18 Å². The van der Waals surface area contributed by atoms with Gasteiger partial charge in [0.05, 0.1) is 16.6 Å². The minimum atomic E-state index is -0.648. The van der Waals surface area contributed by atoms with Crippen molar-refractivity contribution in [1.29, 1.82) is 0 Å². The number of likely N-dealkylation sites (N-methyl/N-ethyl adjacent to an activating group) is 1. The monoisotopic (exact) mass is 290 g/mol. The Hall–Kier alpha value is -1.00. The minimum Gasteiger partial charge on any atom is -0.376 e. The summed E-state index contributed by atoms with van der Waals surface area (Å²) in [5.74, 6) is -0.653. The maximum Gasteiger partial charge on any atom is 0.241 e. The van der Waals surface area contributed by atoms with Gasteiger partial charge in [-0.15, -0.1) is 0 Å². The third-order valence-corrected chi connectivity index (χ3v) is 3.47. The van der Waals surface area contributed by atoms with Crippen molar-refractivity contribution in [1.82, 2.24) is 4.90 Å². The summed E-state index contributed by atoms with van der Waals surface area (Å²) in [7, 11) is 1.78. The van der Waals surface area contributed by atoms with Crippen molar-refractivity contribution in [3.63, 3.8) is 0 Å². The first-order valence-electron chi connectivity index (χ1n) is 5.63. The number of hydrogen-bond acceptors (Lipinski definition) is 2. The molecule has 0 bridgehead atoms. The van der Waals surface area contributed by atoms with E-state index >= 15 is 0 Å². The molecule has 0 saturated heterocycles. The summed E-state index contributed by atoms with van der Waals surface area (Å²) in [4.78, 5) is 13.5. The zero-order valence-corrected chi connectivity index (χ0v) is 11.4. The third kappa shape index (κ3) is 3.06. The van der Waals surface area contributed by atoms with Gasteiger partial charge in [0.1, 0.15) is 0 Å². The Morgan fingerprint density at radius 2 is 2.00 bits per heavy atom. The number of carbonyl (C=O) groups is 1. The van der Waals surface area contributed by atoms with E-state index in [0.29, 0.717) is 11.7 Å².